The Labute approximate surface area is 97.4 Å². The van der Waals surface area contributed by atoms with Crippen LogP contribution in [-0.4, -0.2) is 22.4 Å². The minimum absolute atomic E-state index is 0.00159. The molecule has 1 aromatic heterocycles. The van der Waals surface area contributed by atoms with Crippen LogP contribution in [0.5, 0.6) is 0 Å². The summed E-state index contributed by atoms with van der Waals surface area (Å²) in [6, 6.07) is 5.22. The van der Waals surface area contributed by atoms with Gasteiger partial charge >= 0.3 is 0 Å². The molecule has 0 atom stereocenters. The summed E-state index contributed by atoms with van der Waals surface area (Å²) >= 11 is 5.51. The van der Waals surface area contributed by atoms with E-state index in [1.165, 1.54) is 6.92 Å². The maximum absolute atomic E-state index is 11.5. The van der Waals surface area contributed by atoms with E-state index in [0.29, 0.717) is 11.1 Å². The molecular weight excluding hydrogens is 226 g/mol. The molecule has 0 saturated heterocycles. The number of aromatic amines is 1. The van der Waals surface area contributed by atoms with E-state index < -0.39 is 0 Å². The highest BCUT2D eigenvalue weighted by molar-refractivity contribution is 6.32. The third-order valence-corrected chi connectivity index (χ3v) is 2.75. The molecular formula is C12H10ClNO2. The number of nitrogens with one attached hydrogen (secondary N) is 1. The number of ketones is 2. The number of halogens is 1. The SMILES string of the molecule is CC(=O)c1ccc2c(C(=O)CCl)c[nH]c2c1. The van der Waals surface area contributed by atoms with Crippen molar-refractivity contribution in [3.8, 4) is 0 Å². The van der Waals surface area contributed by atoms with Gasteiger partial charge in [-0.25, -0.2) is 0 Å². The van der Waals surface area contributed by atoms with Gasteiger partial charge in [0.1, 0.15) is 0 Å². The monoisotopic (exact) mass is 235 g/mol. The highest BCUT2D eigenvalue weighted by Gasteiger charge is 2.11. The molecule has 0 aliphatic heterocycles. The second-order valence-corrected chi connectivity index (χ2v) is 3.84. The summed E-state index contributed by atoms with van der Waals surface area (Å²) in [6.07, 6.45) is 1.62. The Morgan fingerprint density at radius 3 is 2.75 bits per heavy atom. The maximum Gasteiger partial charge on any atom is 0.179 e. The van der Waals surface area contributed by atoms with Gasteiger partial charge < -0.3 is 4.98 Å². The Morgan fingerprint density at radius 1 is 1.38 bits per heavy atom. The van der Waals surface area contributed by atoms with Crippen molar-refractivity contribution in [3.63, 3.8) is 0 Å². The summed E-state index contributed by atoms with van der Waals surface area (Å²) in [7, 11) is 0. The minimum Gasteiger partial charge on any atom is -0.360 e. The van der Waals surface area contributed by atoms with Crippen molar-refractivity contribution in [1.82, 2.24) is 4.98 Å². The van der Waals surface area contributed by atoms with Crippen molar-refractivity contribution in [2.45, 2.75) is 6.92 Å². The lowest BCUT2D eigenvalue weighted by molar-refractivity contribution is 0.101. The molecule has 1 aromatic carbocycles. The molecule has 0 aliphatic carbocycles. The third kappa shape index (κ3) is 1.74. The van der Waals surface area contributed by atoms with Gasteiger partial charge in [-0.05, 0) is 13.0 Å². The predicted octanol–water partition coefficient (Wildman–Crippen LogP) is 2.79. The minimum atomic E-state index is -0.122. The molecule has 3 nitrogen and oxygen atoms in total. The van der Waals surface area contributed by atoms with Crippen molar-refractivity contribution in [2.75, 3.05) is 5.88 Å². The maximum atomic E-state index is 11.5. The molecule has 0 radical (unpaired) electrons. The van der Waals surface area contributed by atoms with E-state index in [4.69, 9.17) is 11.6 Å². The molecule has 0 unspecified atom stereocenters. The lowest BCUT2D eigenvalue weighted by atomic mass is 10.1. The Hall–Kier alpha value is -1.61. The van der Waals surface area contributed by atoms with Crippen LogP contribution < -0.4 is 0 Å². The van der Waals surface area contributed by atoms with Gasteiger partial charge in [0.2, 0.25) is 0 Å². The standard InChI is InChI=1S/C12H10ClNO2/c1-7(15)8-2-3-9-10(12(16)5-13)6-14-11(9)4-8/h2-4,6,14H,5H2,1H3. The first-order chi connectivity index (χ1) is 7.63. The van der Waals surface area contributed by atoms with Crippen molar-refractivity contribution < 1.29 is 9.59 Å². The summed E-state index contributed by atoms with van der Waals surface area (Å²) in [5, 5.41) is 0.802. The molecule has 82 valence electrons. The molecule has 0 amide bonds. The lowest BCUT2D eigenvalue weighted by Gasteiger charge is -1.97. The van der Waals surface area contributed by atoms with E-state index in [0.717, 1.165) is 10.9 Å². The van der Waals surface area contributed by atoms with E-state index in [9.17, 15) is 9.59 Å². The first kappa shape index (κ1) is 10.9. The molecule has 0 aliphatic rings. The van der Waals surface area contributed by atoms with Crippen LogP contribution in [0.25, 0.3) is 10.9 Å². The highest BCUT2D eigenvalue weighted by atomic mass is 35.5. The largest absolute Gasteiger partial charge is 0.360 e. The second-order valence-electron chi connectivity index (χ2n) is 3.58. The number of alkyl halides is 1. The van der Waals surface area contributed by atoms with Crippen LogP contribution >= 0.6 is 11.6 Å². The predicted molar refractivity (Wildman–Crippen MR) is 63.4 cm³/mol. The van der Waals surface area contributed by atoms with Crippen molar-refractivity contribution >= 4 is 34.1 Å². The van der Waals surface area contributed by atoms with Crippen molar-refractivity contribution in [3.05, 3.63) is 35.5 Å². The first-order valence-corrected chi connectivity index (χ1v) is 5.38. The van der Waals surface area contributed by atoms with Gasteiger partial charge in [0.25, 0.3) is 0 Å². The van der Waals surface area contributed by atoms with Crippen LogP contribution in [-0.2, 0) is 0 Å². The smallest absolute Gasteiger partial charge is 0.179 e. The number of H-pyrrole nitrogens is 1. The zero-order valence-corrected chi connectivity index (χ0v) is 9.47. The molecule has 1 heterocycles. The van der Waals surface area contributed by atoms with Crippen molar-refractivity contribution in [1.29, 1.82) is 0 Å². The molecule has 0 bridgehead atoms. The fourth-order valence-corrected chi connectivity index (χ4v) is 1.79. The molecule has 4 heteroatoms. The van der Waals surface area contributed by atoms with Crippen LogP contribution in [0.3, 0.4) is 0 Å². The average molecular weight is 236 g/mol. The fourth-order valence-electron chi connectivity index (χ4n) is 1.65. The zero-order chi connectivity index (χ0) is 11.7. The van der Waals surface area contributed by atoms with E-state index in [-0.39, 0.29) is 17.4 Å². The Balaban J connectivity index is 2.59. The average Bonchev–Trinajstić information content (AvgIpc) is 2.70. The number of benzene rings is 1. The number of carbonyl (C=O) groups is 2. The molecule has 1 N–H and O–H groups in total. The lowest BCUT2D eigenvalue weighted by Crippen LogP contribution is -1.98. The van der Waals surface area contributed by atoms with E-state index >= 15 is 0 Å². The summed E-state index contributed by atoms with van der Waals surface area (Å²) in [5.74, 6) is -0.160. The van der Waals surface area contributed by atoms with Gasteiger partial charge in [0.15, 0.2) is 11.6 Å². The number of fused-ring (bicyclic) bond motifs is 1. The zero-order valence-electron chi connectivity index (χ0n) is 8.71. The Bertz CT molecular complexity index is 571. The van der Waals surface area contributed by atoms with Crippen LogP contribution in [0.4, 0.5) is 0 Å². The highest BCUT2D eigenvalue weighted by Crippen LogP contribution is 2.20. The normalized spacial score (nSPS) is 10.6. The van der Waals surface area contributed by atoms with Gasteiger partial charge in [-0.3, -0.25) is 9.59 Å². The van der Waals surface area contributed by atoms with Gasteiger partial charge in [-0.2, -0.15) is 0 Å². The second kappa shape index (κ2) is 4.10. The Kier molecular flexibility index (Phi) is 2.79. The molecule has 2 aromatic rings. The number of rotatable bonds is 3. The fraction of sp³-hybridized carbons (Fsp3) is 0.167. The number of hydrogen-bond acceptors (Lipinski definition) is 2. The summed E-state index contributed by atoms with van der Waals surface area (Å²) in [6.45, 7) is 1.51. The number of Topliss-reactive ketones (excluding diaryl/α,β-unsaturated/α-hetero) is 2. The van der Waals surface area contributed by atoms with Gasteiger partial charge in [-0.1, -0.05) is 12.1 Å². The van der Waals surface area contributed by atoms with Gasteiger partial charge in [-0.15, -0.1) is 11.6 Å². The summed E-state index contributed by atoms with van der Waals surface area (Å²) < 4.78 is 0. The van der Waals surface area contributed by atoms with Crippen LogP contribution in [0, 0.1) is 0 Å². The van der Waals surface area contributed by atoms with Crippen LogP contribution in [0.15, 0.2) is 24.4 Å². The topological polar surface area (TPSA) is 49.9 Å². The summed E-state index contributed by atoms with van der Waals surface area (Å²) in [4.78, 5) is 25.6. The van der Waals surface area contributed by atoms with Crippen LogP contribution in [0.2, 0.25) is 0 Å². The van der Waals surface area contributed by atoms with E-state index in [1.807, 2.05) is 0 Å². The van der Waals surface area contributed by atoms with Crippen molar-refractivity contribution in [2.24, 2.45) is 0 Å². The Morgan fingerprint density at radius 2 is 2.12 bits per heavy atom. The number of hydrogen-bond donors (Lipinski definition) is 1. The molecule has 0 spiro atoms. The van der Waals surface area contributed by atoms with Gasteiger partial charge in [0, 0.05) is 28.2 Å². The number of carbonyl (C=O) groups excluding carboxylic acids is 2. The van der Waals surface area contributed by atoms with Gasteiger partial charge in [0.05, 0.1) is 5.88 Å². The molecule has 0 saturated carbocycles. The quantitative estimate of drug-likeness (QED) is 0.657. The molecule has 16 heavy (non-hydrogen) atoms. The third-order valence-electron chi connectivity index (χ3n) is 2.51. The van der Waals surface area contributed by atoms with E-state index in [2.05, 4.69) is 4.98 Å². The number of aromatic nitrogens is 1. The van der Waals surface area contributed by atoms with E-state index in [1.54, 1.807) is 24.4 Å². The molecule has 0 fully saturated rings. The van der Waals surface area contributed by atoms with Crippen LogP contribution in [0.1, 0.15) is 27.6 Å². The molecule has 2 rings (SSSR count). The summed E-state index contributed by atoms with van der Waals surface area (Å²) in [5.41, 5.74) is 1.97. The first-order valence-electron chi connectivity index (χ1n) is 4.84.